The zero-order valence-corrected chi connectivity index (χ0v) is 12.6. The molecular formula is C16H15ClN2O2. The molecule has 1 aromatic heterocycles. The second-order valence-electron chi connectivity index (χ2n) is 5.84. The summed E-state index contributed by atoms with van der Waals surface area (Å²) in [6.45, 7) is 4.51. The van der Waals surface area contributed by atoms with Crippen molar-refractivity contribution in [2.45, 2.75) is 25.9 Å². The first-order valence-corrected chi connectivity index (χ1v) is 7.08. The summed E-state index contributed by atoms with van der Waals surface area (Å²) in [5.74, 6) is 0.381. The number of nitrogens with one attached hydrogen (secondary N) is 1. The van der Waals surface area contributed by atoms with Crippen LogP contribution in [0.5, 0.6) is 0 Å². The maximum absolute atomic E-state index is 12.7. The molecule has 1 aliphatic heterocycles. The first-order valence-electron chi connectivity index (χ1n) is 6.70. The number of fused-ring (bicyclic) bond motifs is 1. The molecule has 0 saturated heterocycles. The Morgan fingerprint density at radius 2 is 1.90 bits per heavy atom. The molecule has 1 N–H and O–H groups in total. The summed E-state index contributed by atoms with van der Waals surface area (Å²) in [5, 5.41) is 3.66. The van der Waals surface area contributed by atoms with Gasteiger partial charge in [-0.2, -0.15) is 0 Å². The van der Waals surface area contributed by atoms with Crippen LogP contribution in [0.25, 0.3) is 0 Å². The number of hydrogen-bond donors (Lipinski definition) is 1. The van der Waals surface area contributed by atoms with Crippen LogP contribution in [-0.2, 0) is 6.54 Å². The Labute approximate surface area is 127 Å². The van der Waals surface area contributed by atoms with Crippen molar-refractivity contribution in [1.82, 2.24) is 4.57 Å². The third-order valence-corrected chi connectivity index (χ3v) is 3.89. The van der Waals surface area contributed by atoms with Crippen LogP contribution in [0.4, 0.5) is 5.82 Å². The summed E-state index contributed by atoms with van der Waals surface area (Å²) in [4.78, 5) is 24.7. The molecule has 0 fully saturated rings. The summed E-state index contributed by atoms with van der Waals surface area (Å²) in [6, 6.07) is 9.91. The molecule has 0 spiro atoms. The van der Waals surface area contributed by atoms with E-state index in [0.29, 0.717) is 28.5 Å². The molecule has 0 bridgehead atoms. The number of ketones is 1. The van der Waals surface area contributed by atoms with Gasteiger partial charge in [-0.1, -0.05) is 23.7 Å². The monoisotopic (exact) mass is 302 g/mol. The van der Waals surface area contributed by atoms with E-state index in [1.54, 1.807) is 34.9 Å². The van der Waals surface area contributed by atoms with E-state index in [4.69, 9.17) is 11.6 Å². The molecule has 0 amide bonds. The SMILES string of the molecule is CC1(C)Cn2c(c(C(=O)c3ccccc3Cl)ccc2=O)N1. The fraction of sp³-hybridized carbons (Fsp3) is 0.250. The predicted octanol–water partition coefficient (Wildman–Crippen LogP) is 2.94. The van der Waals surface area contributed by atoms with Gasteiger partial charge in [-0.3, -0.25) is 14.2 Å². The summed E-state index contributed by atoms with van der Waals surface area (Å²) < 4.78 is 1.60. The lowest BCUT2D eigenvalue weighted by atomic mass is 10.0. The molecule has 0 atom stereocenters. The van der Waals surface area contributed by atoms with Crippen LogP contribution >= 0.6 is 11.6 Å². The molecule has 1 aromatic carbocycles. The van der Waals surface area contributed by atoms with E-state index < -0.39 is 0 Å². The number of carbonyl (C=O) groups is 1. The van der Waals surface area contributed by atoms with Crippen LogP contribution in [0.2, 0.25) is 5.02 Å². The quantitative estimate of drug-likeness (QED) is 0.868. The van der Waals surface area contributed by atoms with Gasteiger partial charge in [0, 0.05) is 11.6 Å². The molecule has 0 saturated carbocycles. The number of halogens is 1. The van der Waals surface area contributed by atoms with Gasteiger partial charge in [-0.15, -0.1) is 0 Å². The lowest BCUT2D eigenvalue weighted by molar-refractivity contribution is 0.103. The van der Waals surface area contributed by atoms with Crippen molar-refractivity contribution in [3.8, 4) is 0 Å². The van der Waals surface area contributed by atoms with E-state index in [1.165, 1.54) is 6.07 Å². The van der Waals surface area contributed by atoms with E-state index in [9.17, 15) is 9.59 Å². The van der Waals surface area contributed by atoms with Gasteiger partial charge >= 0.3 is 0 Å². The van der Waals surface area contributed by atoms with Crippen LogP contribution in [0.15, 0.2) is 41.2 Å². The molecule has 0 radical (unpaired) electrons. The molecule has 21 heavy (non-hydrogen) atoms. The minimum Gasteiger partial charge on any atom is -0.364 e. The van der Waals surface area contributed by atoms with Gasteiger partial charge in [0.05, 0.1) is 22.7 Å². The standard InChI is InChI=1S/C16H15ClN2O2/c1-16(2)9-19-13(20)8-7-11(15(19)18-16)14(21)10-5-3-4-6-12(10)17/h3-8,18H,9H2,1-2H3. The molecule has 5 heteroatoms. The molecule has 2 heterocycles. The number of rotatable bonds is 2. The normalized spacial score (nSPS) is 15.4. The van der Waals surface area contributed by atoms with Crippen molar-refractivity contribution in [2.24, 2.45) is 0 Å². The number of aromatic nitrogens is 1. The fourth-order valence-corrected chi connectivity index (χ4v) is 2.82. The van der Waals surface area contributed by atoms with Crippen molar-refractivity contribution in [2.75, 3.05) is 5.32 Å². The average molecular weight is 303 g/mol. The topological polar surface area (TPSA) is 51.1 Å². The van der Waals surface area contributed by atoms with Crippen LogP contribution in [0.3, 0.4) is 0 Å². The van der Waals surface area contributed by atoms with E-state index in [1.807, 2.05) is 13.8 Å². The highest BCUT2D eigenvalue weighted by Gasteiger charge is 2.31. The highest BCUT2D eigenvalue weighted by molar-refractivity contribution is 6.35. The maximum Gasteiger partial charge on any atom is 0.252 e. The summed E-state index contributed by atoms with van der Waals surface area (Å²) >= 11 is 6.10. The van der Waals surface area contributed by atoms with E-state index in [0.717, 1.165) is 0 Å². The third-order valence-electron chi connectivity index (χ3n) is 3.56. The number of pyridine rings is 1. The second kappa shape index (κ2) is 4.74. The lowest BCUT2D eigenvalue weighted by Gasteiger charge is -2.17. The van der Waals surface area contributed by atoms with Gasteiger partial charge in [0.25, 0.3) is 5.56 Å². The van der Waals surface area contributed by atoms with Crippen LogP contribution in [0.1, 0.15) is 29.8 Å². The van der Waals surface area contributed by atoms with Crippen LogP contribution < -0.4 is 10.9 Å². The number of hydrogen-bond acceptors (Lipinski definition) is 3. The van der Waals surface area contributed by atoms with E-state index in [2.05, 4.69) is 5.32 Å². The van der Waals surface area contributed by atoms with E-state index in [-0.39, 0.29) is 16.9 Å². The second-order valence-corrected chi connectivity index (χ2v) is 6.25. The first kappa shape index (κ1) is 13.9. The highest BCUT2D eigenvalue weighted by atomic mass is 35.5. The molecular weight excluding hydrogens is 288 g/mol. The van der Waals surface area contributed by atoms with Crippen molar-refractivity contribution >= 4 is 23.2 Å². The Hall–Kier alpha value is -2.07. The number of benzene rings is 1. The Bertz CT molecular complexity index is 793. The van der Waals surface area contributed by atoms with Gasteiger partial charge in [0.1, 0.15) is 5.82 Å². The molecule has 0 unspecified atom stereocenters. The Balaban J connectivity index is 2.14. The van der Waals surface area contributed by atoms with Crippen molar-refractivity contribution in [3.05, 3.63) is 62.9 Å². The zero-order valence-electron chi connectivity index (χ0n) is 11.8. The smallest absolute Gasteiger partial charge is 0.252 e. The highest BCUT2D eigenvalue weighted by Crippen LogP contribution is 2.29. The first-order chi connectivity index (χ1) is 9.89. The Morgan fingerprint density at radius 3 is 2.62 bits per heavy atom. The molecule has 1 aliphatic rings. The molecule has 2 aromatic rings. The molecule has 3 rings (SSSR count). The fourth-order valence-electron chi connectivity index (χ4n) is 2.60. The zero-order chi connectivity index (χ0) is 15.2. The predicted molar refractivity (Wildman–Crippen MR) is 83.3 cm³/mol. The average Bonchev–Trinajstić information content (AvgIpc) is 2.75. The summed E-state index contributed by atoms with van der Waals surface area (Å²) in [5.41, 5.74) is 0.530. The van der Waals surface area contributed by atoms with Gasteiger partial charge < -0.3 is 5.32 Å². The molecule has 0 aliphatic carbocycles. The van der Waals surface area contributed by atoms with Gasteiger partial charge in [0.2, 0.25) is 0 Å². The van der Waals surface area contributed by atoms with Crippen molar-refractivity contribution in [3.63, 3.8) is 0 Å². The summed E-state index contributed by atoms with van der Waals surface area (Å²) in [7, 11) is 0. The molecule has 108 valence electrons. The minimum absolute atomic E-state index is 0.112. The maximum atomic E-state index is 12.7. The summed E-state index contributed by atoms with van der Waals surface area (Å²) in [6.07, 6.45) is 0. The number of carbonyl (C=O) groups excluding carboxylic acids is 1. The van der Waals surface area contributed by atoms with Crippen molar-refractivity contribution < 1.29 is 4.79 Å². The minimum atomic E-state index is -0.261. The number of anilines is 1. The van der Waals surface area contributed by atoms with Gasteiger partial charge in [-0.25, -0.2) is 0 Å². The number of nitrogens with zero attached hydrogens (tertiary/aromatic N) is 1. The van der Waals surface area contributed by atoms with Crippen LogP contribution in [-0.4, -0.2) is 15.9 Å². The lowest BCUT2D eigenvalue weighted by Crippen LogP contribution is -2.29. The third kappa shape index (κ3) is 2.36. The van der Waals surface area contributed by atoms with Crippen molar-refractivity contribution in [1.29, 1.82) is 0 Å². The van der Waals surface area contributed by atoms with Gasteiger partial charge in [-0.05, 0) is 32.0 Å². The van der Waals surface area contributed by atoms with E-state index >= 15 is 0 Å². The molecule has 4 nitrogen and oxygen atoms in total. The van der Waals surface area contributed by atoms with Gasteiger partial charge in [0.15, 0.2) is 5.78 Å². The Morgan fingerprint density at radius 1 is 1.19 bits per heavy atom. The largest absolute Gasteiger partial charge is 0.364 e. The Kier molecular flexibility index (Phi) is 3.14. The van der Waals surface area contributed by atoms with Crippen LogP contribution in [0, 0.1) is 0 Å².